The summed E-state index contributed by atoms with van der Waals surface area (Å²) in [6, 6.07) is 26.8. The van der Waals surface area contributed by atoms with Gasteiger partial charge in [0.25, 0.3) is 0 Å². The zero-order chi connectivity index (χ0) is 24.5. The zero-order valence-corrected chi connectivity index (χ0v) is 19.9. The predicted octanol–water partition coefficient (Wildman–Crippen LogP) is 6.31. The van der Waals surface area contributed by atoms with Crippen LogP contribution in [0.25, 0.3) is 16.7 Å². The van der Waals surface area contributed by atoms with E-state index in [-0.39, 0.29) is 0 Å². The van der Waals surface area contributed by atoms with Gasteiger partial charge in [-0.15, -0.1) is 0 Å². The minimum Gasteiger partial charge on any atom is -0.351 e. The second kappa shape index (κ2) is 8.95. The van der Waals surface area contributed by atoms with Crippen molar-refractivity contribution in [3.8, 4) is 5.69 Å². The van der Waals surface area contributed by atoms with Gasteiger partial charge in [-0.25, -0.2) is 14.5 Å². The first-order valence-electron chi connectivity index (χ1n) is 11.4. The van der Waals surface area contributed by atoms with Crippen molar-refractivity contribution in [2.75, 3.05) is 10.2 Å². The number of pyridine rings is 1. The van der Waals surface area contributed by atoms with E-state index in [0.29, 0.717) is 22.8 Å². The van der Waals surface area contributed by atoms with E-state index in [1.54, 1.807) is 0 Å². The smallest absolute Gasteiger partial charge is 0.324 e. The normalized spacial score (nSPS) is 10.9. The molecule has 0 aliphatic heterocycles. The Morgan fingerprint density at radius 2 is 1.51 bits per heavy atom. The van der Waals surface area contributed by atoms with Crippen LogP contribution >= 0.6 is 0 Å². The number of carbonyl (C=O) groups is 1. The van der Waals surface area contributed by atoms with Crippen molar-refractivity contribution in [3.63, 3.8) is 0 Å². The van der Waals surface area contributed by atoms with Gasteiger partial charge in [-0.1, -0.05) is 53.6 Å². The summed E-state index contributed by atoms with van der Waals surface area (Å²) in [6.45, 7) is 5.96. The van der Waals surface area contributed by atoms with Crippen LogP contribution in [0.5, 0.6) is 0 Å². The van der Waals surface area contributed by atoms with Crippen LogP contribution in [0.3, 0.4) is 0 Å². The zero-order valence-electron chi connectivity index (χ0n) is 19.9. The quantitative estimate of drug-likeness (QED) is 0.320. The number of nitrogens with one attached hydrogen (secondary N) is 1. The second-order valence-electron chi connectivity index (χ2n) is 8.56. The van der Waals surface area contributed by atoms with Gasteiger partial charge in [0.2, 0.25) is 0 Å². The Labute approximate surface area is 203 Å². The second-order valence-corrected chi connectivity index (χ2v) is 8.56. The molecule has 3 aromatic carbocycles. The monoisotopic (exact) mass is 462 g/mol. The summed E-state index contributed by atoms with van der Waals surface area (Å²) in [7, 11) is 0. The van der Waals surface area contributed by atoms with Crippen molar-refractivity contribution in [2.45, 2.75) is 20.8 Å². The molecular formula is C28H26N6O. The van der Waals surface area contributed by atoms with Crippen molar-refractivity contribution in [1.82, 2.24) is 14.8 Å². The van der Waals surface area contributed by atoms with Crippen LogP contribution in [-0.2, 0) is 0 Å². The number of fused-ring (bicyclic) bond motifs is 1. The number of aryl methyl sites for hydroxylation is 3. The van der Waals surface area contributed by atoms with Crippen molar-refractivity contribution in [1.29, 1.82) is 0 Å². The first-order valence-corrected chi connectivity index (χ1v) is 11.4. The molecule has 2 heterocycles. The number of rotatable bonds is 5. The van der Waals surface area contributed by atoms with Crippen molar-refractivity contribution in [3.05, 3.63) is 102 Å². The highest BCUT2D eigenvalue weighted by Gasteiger charge is 2.23. The van der Waals surface area contributed by atoms with E-state index in [9.17, 15) is 4.79 Å². The summed E-state index contributed by atoms with van der Waals surface area (Å²) in [5, 5.41) is 8.97. The first kappa shape index (κ1) is 22.2. The molecule has 2 aromatic heterocycles. The molecule has 0 spiro atoms. The summed E-state index contributed by atoms with van der Waals surface area (Å²) in [6.07, 6.45) is 0. The van der Waals surface area contributed by atoms with Gasteiger partial charge in [-0.2, -0.15) is 5.10 Å². The van der Waals surface area contributed by atoms with Gasteiger partial charge in [-0.3, -0.25) is 4.90 Å². The Balaban J connectivity index is 1.74. The number of amides is 2. The number of benzene rings is 3. The minimum absolute atomic E-state index is 0.498. The number of urea groups is 1. The Morgan fingerprint density at radius 1 is 0.886 bits per heavy atom. The third-order valence-corrected chi connectivity index (χ3v) is 5.89. The fraction of sp³-hybridized carbons (Fsp3) is 0.107. The molecule has 35 heavy (non-hydrogen) atoms. The van der Waals surface area contributed by atoms with Crippen molar-refractivity contribution < 1.29 is 4.79 Å². The lowest BCUT2D eigenvalue weighted by molar-refractivity contribution is 0.256. The molecule has 7 nitrogen and oxygen atoms in total. The molecule has 0 radical (unpaired) electrons. The highest BCUT2D eigenvalue weighted by Crippen LogP contribution is 2.36. The lowest BCUT2D eigenvalue weighted by Crippen LogP contribution is -2.32. The maximum Gasteiger partial charge on any atom is 0.324 e. The van der Waals surface area contributed by atoms with Crippen molar-refractivity contribution >= 4 is 39.9 Å². The molecular weight excluding hydrogens is 436 g/mol. The number of nitrogens with two attached hydrogens (primary N) is 1. The van der Waals surface area contributed by atoms with Gasteiger partial charge >= 0.3 is 6.03 Å². The van der Waals surface area contributed by atoms with Gasteiger partial charge in [-0.05, 0) is 63.2 Å². The topological polar surface area (TPSA) is 89.1 Å². The lowest BCUT2D eigenvalue weighted by atomic mass is 10.1. The van der Waals surface area contributed by atoms with Gasteiger partial charge in [0.05, 0.1) is 22.8 Å². The summed E-state index contributed by atoms with van der Waals surface area (Å²) in [5.41, 5.74) is 12.6. The van der Waals surface area contributed by atoms with Gasteiger partial charge in [0.1, 0.15) is 0 Å². The van der Waals surface area contributed by atoms with Gasteiger partial charge in [0.15, 0.2) is 11.5 Å². The van der Waals surface area contributed by atoms with Crippen LogP contribution < -0.4 is 16.0 Å². The number of nitrogens with zero attached hydrogens (tertiary/aromatic N) is 4. The van der Waals surface area contributed by atoms with Crippen LogP contribution in [0, 0.1) is 20.8 Å². The molecule has 0 bridgehead atoms. The van der Waals surface area contributed by atoms with Crippen LogP contribution in [-0.4, -0.2) is 20.8 Å². The molecule has 5 aromatic rings. The van der Waals surface area contributed by atoms with E-state index in [4.69, 9.17) is 15.8 Å². The van der Waals surface area contributed by atoms with Crippen LogP contribution in [0.1, 0.15) is 16.8 Å². The molecule has 2 amide bonds. The predicted molar refractivity (Wildman–Crippen MR) is 141 cm³/mol. The number of carbonyl (C=O) groups excluding carboxylic acids is 1. The minimum atomic E-state index is -0.602. The molecule has 3 N–H and O–H groups in total. The standard InChI is InChI=1S/C28H26N6O/c1-18-9-13-21(14-10-18)30-26-25(33(28(29)35)22-15-11-19(2)12-16-22)17-24-20(3)32-34(27(24)31-26)23-7-5-4-6-8-23/h4-17H,1-3H3,(H2,29,35)(H,30,31). The molecule has 0 aliphatic rings. The molecule has 7 heteroatoms. The number of anilines is 4. The molecule has 0 saturated carbocycles. The molecule has 5 rings (SSSR count). The fourth-order valence-corrected chi connectivity index (χ4v) is 4.04. The SMILES string of the molecule is Cc1ccc(Nc2nc3c(cc2N(C(N)=O)c2ccc(C)cc2)c(C)nn3-c2ccccc2)cc1. The first-order chi connectivity index (χ1) is 16.9. The Bertz CT molecular complexity index is 1510. The number of para-hydroxylation sites is 1. The summed E-state index contributed by atoms with van der Waals surface area (Å²) >= 11 is 0. The highest BCUT2D eigenvalue weighted by molar-refractivity contribution is 6.04. The van der Waals surface area contributed by atoms with Gasteiger partial charge < -0.3 is 11.1 Å². The summed E-state index contributed by atoms with van der Waals surface area (Å²) in [4.78, 5) is 19.2. The van der Waals surface area contributed by atoms with E-state index in [1.165, 1.54) is 4.90 Å². The van der Waals surface area contributed by atoms with E-state index in [0.717, 1.165) is 33.6 Å². The van der Waals surface area contributed by atoms with Crippen LogP contribution in [0.15, 0.2) is 84.9 Å². The Kier molecular flexibility index (Phi) is 5.66. The summed E-state index contributed by atoms with van der Waals surface area (Å²) in [5.74, 6) is 0.498. The third-order valence-electron chi connectivity index (χ3n) is 5.89. The number of hydrogen-bond donors (Lipinski definition) is 2. The van der Waals surface area contributed by atoms with E-state index < -0.39 is 6.03 Å². The molecule has 0 saturated heterocycles. The summed E-state index contributed by atoms with van der Waals surface area (Å²) < 4.78 is 1.81. The molecule has 174 valence electrons. The number of aromatic nitrogens is 3. The average Bonchev–Trinajstić information content (AvgIpc) is 3.17. The molecule has 0 fully saturated rings. The molecule has 0 atom stereocenters. The lowest BCUT2D eigenvalue weighted by Gasteiger charge is -2.24. The third kappa shape index (κ3) is 4.31. The molecule has 0 aliphatic carbocycles. The highest BCUT2D eigenvalue weighted by atomic mass is 16.2. The Morgan fingerprint density at radius 3 is 2.14 bits per heavy atom. The number of primary amides is 1. The van der Waals surface area contributed by atoms with Crippen LogP contribution in [0.2, 0.25) is 0 Å². The van der Waals surface area contributed by atoms with E-state index in [2.05, 4.69) is 5.32 Å². The molecule has 0 unspecified atom stereocenters. The Hall–Kier alpha value is -4.65. The maximum absolute atomic E-state index is 12.8. The largest absolute Gasteiger partial charge is 0.351 e. The fourth-order valence-electron chi connectivity index (χ4n) is 4.04. The van der Waals surface area contributed by atoms with E-state index >= 15 is 0 Å². The number of hydrogen-bond acceptors (Lipinski definition) is 4. The van der Waals surface area contributed by atoms with E-state index in [1.807, 2.05) is 110 Å². The van der Waals surface area contributed by atoms with Crippen LogP contribution in [0.4, 0.5) is 27.7 Å². The average molecular weight is 463 g/mol. The van der Waals surface area contributed by atoms with Crippen molar-refractivity contribution in [2.24, 2.45) is 5.73 Å². The van der Waals surface area contributed by atoms with Gasteiger partial charge in [0, 0.05) is 11.1 Å². The maximum atomic E-state index is 12.8.